The lowest BCUT2D eigenvalue weighted by atomic mass is 10.5. The molecular weight excluding hydrogens is 152 g/mol. The van der Waals surface area contributed by atoms with Crippen molar-refractivity contribution in [2.45, 2.75) is 5.38 Å². The standard InChI is InChI=1S/C3H5ClO3S/c4-3-1-6-8(5)7-2-3/h3H,1-2H2. The molecule has 48 valence electrons. The van der Waals surface area contributed by atoms with Gasteiger partial charge in [-0.1, -0.05) is 0 Å². The quantitative estimate of drug-likeness (QED) is 0.471. The minimum atomic E-state index is -1.55. The molecule has 1 heterocycles. The highest BCUT2D eigenvalue weighted by Gasteiger charge is 2.16. The lowest BCUT2D eigenvalue weighted by Gasteiger charge is -2.13. The molecule has 0 aliphatic carbocycles. The minimum absolute atomic E-state index is 0.146. The first-order valence-corrected chi connectivity index (χ1v) is 3.55. The number of rotatable bonds is 0. The number of alkyl halides is 1. The van der Waals surface area contributed by atoms with Crippen molar-refractivity contribution in [1.82, 2.24) is 0 Å². The number of hydrogen-bond donors (Lipinski definition) is 0. The van der Waals surface area contributed by atoms with Gasteiger partial charge >= 0.3 is 11.4 Å². The molecule has 0 aromatic heterocycles. The van der Waals surface area contributed by atoms with Crippen molar-refractivity contribution < 1.29 is 12.6 Å². The molecule has 1 saturated heterocycles. The SMILES string of the molecule is O=S1OCC(Cl)CO1. The summed E-state index contributed by atoms with van der Waals surface area (Å²) in [5, 5.41) is -0.146. The van der Waals surface area contributed by atoms with Crippen LogP contribution in [0.2, 0.25) is 0 Å². The fourth-order valence-corrected chi connectivity index (χ4v) is 1.24. The van der Waals surface area contributed by atoms with E-state index in [0.717, 1.165) is 0 Å². The summed E-state index contributed by atoms with van der Waals surface area (Å²) in [5.74, 6) is 0. The van der Waals surface area contributed by atoms with E-state index in [2.05, 4.69) is 8.37 Å². The average Bonchev–Trinajstić information content (AvgIpc) is 1.77. The molecule has 0 aromatic rings. The Morgan fingerprint density at radius 2 is 2.00 bits per heavy atom. The molecule has 0 N–H and O–H groups in total. The van der Waals surface area contributed by atoms with E-state index in [1.165, 1.54) is 0 Å². The molecule has 1 aliphatic rings. The topological polar surface area (TPSA) is 35.5 Å². The van der Waals surface area contributed by atoms with Crippen LogP contribution < -0.4 is 0 Å². The van der Waals surface area contributed by atoms with Crippen LogP contribution in [-0.4, -0.2) is 22.8 Å². The van der Waals surface area contributed by atoms with Crippen LogP contribution in [0.3, 0.4) is 0 Å². The monoisotopic (exact) mass is 156 g/mol. The van der Waals surface area contributed by atoms with E-state index in [1.54, 1.807) is 0 Å². The van der Waals surface area contributed by atoms with Crippen LogP contribution in [0.5, 0.6) is 0 Å². The summed E-state index contributed by atoms with van der Waals surface area (Å²) in [5.41, 5.74) is 0. The lowest BCUT2D eigenvalue weighted by Crippen LogP contribution is -2.24. The summed E-state index contributed by atoms with van der Waals surface area (Å²) in [6, 6.07) is 0. The molecule has 1 fully saturated rings. The zero-order chi connectivity index (χ0) is 5.98. The Balaban J connectivity index is 2.29. The highest BCUT2D eigenvalue weighted by Crippen LogP contribution is 2.06. The van der Waals surface area contributed by atoms with Gasteiger partial charge < -0.3 is 0 Å². The fraction of sp³-hybridized carbons (Fsp3) is 1.00. The van der Waals surface area contributed by atoms with E-state index < -0.39 is 11.4 Å². The second-order valence-electron chi connectivity index (χ2n) is 1.37. The molecule has 3 nitrogen and oxygen atoms in total. The van der Waals surface area contributed by atoms with Crippen molar-refractivity contribution in [2.75, 3.05) is 13.2 Å². The Kier molecular flexibility index (Phi) is 2.25. The van der Waals surface area contributed by atoms with Crippen molar-refractivity contribution >= 4 is 23.0 Å². The number of halogens is 1. The number of hydrogen-bond acceptors (Lipinski definition) is 3. The molecule has 0 amide bonds. The molecule has 0 saturated carbocycles. The van der Waals surface area contributed by atoms with E-state index in [9.17, 15) is 4.21 Å². The van der Waals surface area contributed by atoms with Gasteiger partial charge in [-0.25, -0.2) is 0 Å². The lowest BCUT2D eigenvalue weighted by molar-refractivity contribution is 0.189. The normalized spacial score (nSPS) is 39.6. The minimum Gasteiger partial charge on any atom is -0.267 e. The predicted molar refractivity (Wildman–Crippen MR) is 29.7 cm³/mol. The highest BCUT2D eigenvalue weighted by molar-refractivity contribution is 7.75. The van der Waals surface area contributed by atoms with Crippen LogP contribution in [-0.2, 0) is 19.7 Å². The third kappa shape index (κ3) is 1.70. The maximum atomic E-state index is 10.2. The van der Waals surface area contributed by atoms with Gasteiger partial charge in [-0.05, 0) is 0 Å². The van der Waals surface area contributed by atoms with Crippen molar-refractivity contribution in [3.05, 3.63) is 0 Å². The van der Waals surface area contributed by atoms with Crippen molar-refractivity contribution in [2.24, 2.45) is 0 Å². The average molecular weight is 157 g/mol. The first-order chi connectivity index (χ1) is 3.79. The first kappa shape index (κ1) is 6.48. The molecule has 0 unspecified atom stereocenters. The van der Waals surface area contributed by atoms with Crippen molar-refractivity contribution in [3.63, 3.8) is 0 Å². The summed E-state index contributed by atoms with van der Waals surface area (Å²) in [6.07, 6.45) is 0. The molecule has 0 bridgehead atoms. The van der Waals surface area contributed by atoms with Gasteiger partial charge in [0.25, 0.3) is 0 Å². The molecule has 0 radical (unpaired) electrons. The molecule has 0 spiro atoms. The molecule has 0 atom stereocenters. The van der Waals surface area contributed by atoms with E-state index in [1.807, 2.05) is 0 Å². The largest absolute Gasteiger partial charge is 0.304 e. The summed E-state index contributed by atoms with van der Waals surface area (Å²) >= 11 is 3.95. The Labute approximate surface area is 54.8 Å². The van der Waals surface area contributed by atoms with Crippen LogP contribution in [0.25, 0.3) is 0 Å². The molecule has 1 rings (SSSR count). The zero-order valence-corrected chi connectivity index (χ0v) is 5.57. The van der Waals surface area contributed by atoms with Gasteiger partial charge in [-0.15, -0.1) is 11.6 Å². The Hall–Kier alpha value is 0.360. The van der Waals surface area contributed by atoms with E-state index in [4.69, 9.17) is 11.6 Å². The summed E-state index contributed by atoms with van der Waals surface area (Å²) in [6.45, 7) is 0.627. The van der Waals surface area contributed by atoms with Crippen LogP contribution in [0.4, 0.5) is 0 Å². The Bertz CT molecular complexity index is 96.7. The molecule has 1 aliphatic heterocycles. The predicted octanol–water partition coefficient (Wildman–Crippen LogP) is 0.219. The molecule has 5 heteroatoms. The van der Waals surface area contributed by atoms with Crippen LogP contribution in [0.1, 0.15) is 0 Å². The van der Waals surface area contributed by atoms with Gasteiger partial charge in [0.2, 0.25) is 0 Å². The molecule has 0 aromatic carbocycles. The fourth-order valence-electron chi connectivity index (χ4n) is 0.341. The molecular formula is C3H5ClO3S. The van der Waals surface area contributed by atoms with Gasteiger partial charge in [-0.3, -0.25) is 8.37 Å². The smallest absolute Gasteiger partial charge is 0.267 e. The van der Waals surface area contributed by atoms with Crippen LogP contribution in [0.15, 0.2) is 0 Å². The van der Waals surface area contributed by atoms with Gasteiger partial charge in [0.05, 0.1) is 18.6 Å². The Morgan fingerprint density at radius 3 is 2.38 bits per heavy atom. The van der Waals surface area contributed by atoms with Gasteiger partial charge in [0.15, 0.2) is 0 Å². The van der Waals surface area contributed by atoms with Gasteiger partial charge in [0, 0.05) is 0 Å². The maximum absolute atomic E-state index is 10.2. The van der Waals surface area contributed by atoms with Crippen LogP contribution >= 0.6 is 11.6 Å². The Morgan fingerprint density at radius 1 is 1.50 bits per heavy atom. The summed E-state index contributed by atoms with van der Waals surface area (Å²) in [7, 11) is 0. The highest BCUT2D eigenvalue weighted by atomic mass is 35.5. The third-order valence-electron chi connectivity index (χ3n) is 0.690. The first-order valence-electron chi connectivity index (χ1n) is 2.11. The van der Waals surface area contributed by atoms with E-state index in [-0.39, 0.29) is 5.38 Å². The summed E-state index contributed by atoms with van der Waals surface area (Å²) in [4.78, 5) is 0. The van der Waals surface area contributed by atoms with Gasteiger partial charge in [-0.2, -0.15) is 4.21 Å². The zero-order valence-electron chi connectivity index (χ0n) is 4.00. The van der Waals surface area contributed by atoms with Crippen LogP contribution in [0, 0.1) is 0 Å². The molecule has 8 heavy (non-hydrogen) atoms. The second kappa shape index (κ2) is 2.77. The third-order valence-corrected chi connectivity index (χ3v) is 1.60. The maximum Gasteiger partial charge on any atom is 0.304 e. The van der Waals surface area contributed by atoms with Crippen molar-refractivity contribution in [1.29, 1.82) is 0 Å². The van der Waals surface area contributed by atoms with E-state index >= 15 is 0 Å². The van der Waals surface area contributed by atoms with E-state index in [0.29, 0.717) is 13.2 Å². The summed E-state index contributed by atoms with van der Waals surface area (Å²) < 4.78 is 19.2. The second-order valence-corrected chi connectivity index (χ2v) is 2.87. The van der Waals surface area contributed by atoms with Gasteiger partial charge in [0.1, 0.15) is 0 Å². The van der Waals surface area contributed by atoms with Crippen molar-refractivity contribution in [3.8, 4) is 0 Å².